The summed E-state index contributed by atoms with van der Waals surface area (Å²) in [5, 5.41) is 0. The predicted molar refractivity (Wildman–Crippen MR) is 103 cm³/mol. The number of hydrogen-bond acceptors (Lipinski definition) is 6. The van der Waals surface area contributed by atoms with Gasteiger partial charge in [0.25, 0.3) is 5.91 Å². The van der Waals surface area contributed by atoms with Crippen LogP contribution >= 0.6 is 45.9 Å². The van der Waals surface area contributed by atoms with Gasteiger partial charge in [-0.1, -0.05) is 34.5 Å². The number of fused-ring (bicyclic) bond motifs is 1. The van der Waals surface area contributed by atoms with Gasteiger partial charge in [-0.2, -0.15) is 4.99 Å². The minimum absolute atomic E-state index is 0.0763. The van der Waals surface area contributed by atoms with Gasteiger partial charge in [0.15, 0.2) is 4.80 Å². The molecule has 10 heteroatoms. The second kappa shape index (κ2) is 7.79. The van der Waals surface area contributed by atoms with E-state index in [0.717, 1.165) is 21.6 Å². The fourth-order valence-corrected chi connectivity index (χ4v) is 4.75. The van der Waals surface area contributed by atoms with Crippen molar-refractivity contribution in [2.75, 3.05) is 14.2 Å². The molecule has 0 N–H and O–H groups in total. The Morgan fingerprint density at radius 3 is 2.58 bits per heavy atom. The molecule has 6 nitrogen and oxygen atoms in total. The third-order valence-corrected chi connectivity index (χ3v) is 6.02. The third-order valence-electron chi connectivity index (χ3n) is 3.49. The minimum Gasteiger partial charge on any atom is -0.497 e. The summed E-state index contributed by atoms with van der Waals surface area (Å²) >= 11 is 14.3. The molecule has 2 heterocycles. The highest BCUT2D eigenvalue weighted by molar-refractivity contribution is 7.20. The molecule has 3 aromatic rings. The molecule has 0 saturated heterocycles. The molecule has 0 aliphatic carbocycles. The Hall–Kier alpha value is -1.87. The largest absolute Gasteiger partial charge is 0.497 e. The molecule has 0 atom stereocenters. The zero-order chi connectivity index (χ0) is 18.8. The molecule has 0 bridgehead atoms. The number of ether oxygens (including phenoxy) is 2. The molecule has 0 radical (unpaired) electrons. The molecule has 0 fully saturated rings. The van der Waals surface area contributed by atoms with E-state index in [1.54, 1.807) is 23.8 Å². The summed E-state index contributed by atoms with van der Waals surface area (Å²) in [4.78, 5) is 28.8. The van der Waals surface area contributed by atoms with Crippen LogP contribution in [0.4, 0.5) is 0 Å². The van der Waals surface area contributed by atoms with Crippen LogP contribution in [0.25, 0.3) is 10.2 Å². The number of methoxy groups -OCH3 is 2. The van der Waals surface area contributed by atoms with Crippen LogP contribution in [0.1, 0.15) is 10.4 Å². The summed E-state index contributed by atoms with van der Waals surface area (Å²) in [6.45, 7) is -0.0763. The summed E-state index contributed by atoms with van der Waals surface area (Å²) in [7, 11) is 2.87. The van der Waals surface area contributed by atoms with Crippen molar-refractivity contribution in [2.45, 2.75) is 6.54 Å². The van der Waals surface area contributed by atoms with Crippen molar-refractivity contribution in [2.24, 2.45) is 4.99 Å². The number of benzene rings is 1. The molecular weight excluding hydrogens is 419 g/mol. The highest BCUT2D eigenvalue weighted by atomic mass is 35.5. The van der Waals surface area contributed by atoms with Gasteiger partial charge in [0.2, 0.25) is 0 Å². The summed E-state index contributed by atoms with van der Waals surface area (Å²) in [6.07, 6.45) is 0. The molecule has 26 heavy (non-hydrogen) atoms. The van der Waals surface area contributed by atoms with E-state index in [4.69, 9.17) is 32.7 Å². The van der Waals surface area contributed by atoms with Crippen molar-refractivity contribution < 1.29 is 19.1 Å². The van der Waals surface area contributed by atoms with Crippen LogP contribution in [-0.2, 0) is 16.1 Å². The van der Waals surface area contributed by atoms with Crippen molar-refractivity contribution in [3.05, 3.63) is 43.3 Å². The number of carbonyl (C=O) groups excluding carboxylic acids is 2. The van der Waals surface area contributed by atoms with Crippen molar-refractivity contribution in [1.82, 2.24) is 4.57 Å². The molecule has 0 aliphatic rings. The van der Waals surface area contributed by atoms with Gasteiger partial charge >= 0.3 is 5.97 Å². The van der Waals surface area contributed by atoms with Crippen LogP contribution < -0.4 is 9.54 Å². The van der Waals surface area contributed by atoms with E-state index >= 15 is 0 Å². The van der Waals surface area contributed by atoms with E-state index < -0.39 is 11.9 Å². The zero-order valence-electron chi connectivity index (χ0n) is 13.6. The highest BCUT2D eigenvalue weighted by Crippen LogP contribution is 2.31. The van der Waals surface area contributed by atoms with Gasteiger partial charge in [-0.05, 0) is 24.3 Å². The first-order chi connectivity index (χ1) is 12.4. The molecule has 0 spiro atoms. The van der Waals surface area contributed by atoms with E-state index in [9.17, 15) is 9.59 Å². The molecular formula is C16H12Cl2N2O4S2. The lowest BCUT2D eigenvalue weighted by Crippen LogP contribution is -2.22. The Labute approximate surface area is 166 Å². The fraction of sp³-hybridized carbons (Fsp3) is 0.188. The maximum absolute atomic E-state index is 12.5. The Bertz CT molecular complexity index is 1070. The molecule has 0 aliphatic heterocycles. The number of aromatic nitrogens is 1. The molecule has 136 valence electrons. The van der Waals surface area contributed by atoms with Crippen LogP contribution in [0.2, 0.25) is 8.67 Å². The number of rotatable bonds is 4. The van der Waals surface area contributed by atoms with Gasteiger partial charge in [0, 0.05) is 0 Å². The monoisotopic (exact) mass is 430 g/mol. The average molecular weight is 431 g/mol. The van der Waals surface area contributed by atoms with Crippen LogP contribution in [0.15, 0.2) is 29.3 Å². The van der Waals surface area contributed by atoms with E-state index in [0.29, 0.717) is 14.9 Å². The van der Waals surface area contributed by atoms with Gasteiger partial charge in [0.05, 0.1) is 34.3 Å². The first-order valence-electron chi connectivity index (χ1n) is 7.21. The number of carbonyl (C=O) groups is 2. The van der Waals surface area contributed by atoms with E-state index in [1.807, 2.05) is 6.07 Å². The maximum Gasteiger partial charge on any atom is 0.325 e. The van der Waals surface area contributed by atoms with E-state index in [2.05, 4.69) is 4.99 Å². The summed E-state index contributed by atoms with van der Waals surface area (Å²) in [5.41, 5.74) is 0.962. The summed E-state index contributed by atoms with van der Waals surface area (Å²) in [5.74, 6) is -0.323. The lowest BCUT2D eigenvalue weighted by Gasteiger charge is -2.04. The standard InChI is InChI=1S/C16H12Cl2N2O4S2/c1-23-8-3-4-10-11(5-8)25-16(20(10)7-13(21)24-2)19-15(22)9-6-12(17)26-14(9)18/h3-6H,7H2,1-2H3. The van der Waals surface area contributed by atoms with Crippen LogP contribution in [-0.4, -0.2) is 30.7 Å². The minimum atomic E-state index is -0.532. The highest BCUT2D eigenvalue weighted by Gasteiger charge is 2.16. The van der Waals surface area contributed by atoms with Crippen molar-refractivity contribution in [1.29, 1.82) is 0 Å². The predicted octanol–water partition coefficient (Wildman–Crippen LogP) is 3.99. The molecule has 0 saturated carbocycles. The van der Waals surface area contributed by atoms with E-state index in [-0.39, 0.29) is 16.4 Å². The van der Waals surface area contributed by atoms with Crippen molar-refractivity contribution in [3.8, 4) is 5.75 Å². The van der Waals surface area contributed by atoms with Gasteiger partial charge < -0.3 is 14.0 Å². The summed E-state index contributed by atoms with van der Waals surface area (Å²) in [6, 6.07) is 6.85. The van der Waals surface area contributed by atoms with Crippen LogP contribution in [0, 0.1) is 0 Å². The zero-order valence-corrected chi connectivity index (χ0v) is 16.8. The van der Waals surface area contributed by atoms with Gasteiger partial charge in [0.1, 0.15) is 16.6 Å². The number of halogens is 2. The Morgan fingerprint density at radius 1 is 1.19 bits per heavy atom. The maximum atomic E-state index is 12.5. The number of thiazole rings is 1. The topological polar surface area (TPSA) is 69.9 Å². The Morgan fingerprint density at radius 2 is 1.96 bits per heavy atom. The van der Waals surface area contributed by atoms with Gasteiger partial charge in [-0.15, -0.1) is 11.3 Å². The molecule has 1 amide bonds. The molecule has 0 unspecified atom stereocenters. The first-order valence-corrected chi connectivity index (χ1v) is 9.60. The summed E-state index contributed by atoms with van der Waals surface area (Å²) < 4.78 is 13.1. The fourth-order valence-electron chi connectivity index (χ4n) is 2.25. The van der Waals surface area contributed by atoms with Crippen LogP contribution in [0.5, 0.6) is 5.75 Å². The van der Waals surface area contributed by atoms with Crippen molar-refractivity contribution in [3.63, 3.8) is 0 Å². The number of esters is 1. The van der Waals surface area contributed by atoms with Crippen molar-refractivity contribution >= 4 is 68.0 Å². The SMILES string of the molecule is COC(=O)Cn1c(=NC(=O)c2cc(Cl)sc2Cl)sc2cc(OC)ccc21. The normalized spacial score (nSPS) is 11.8. The first kappa shape index (κ1) is 18.9. The van der Waals surface area contributed by atoms with E-state index in [1.165, 1.54) is 24.5 Å². The van der Waals surface area contributed by atoms with Crippen LogP contribution in [0.3, 0.4) is 0 Å². The Balaban J connectivity index is 2.16. The number of nitrogens with zero attached hydrogens (tertiary/aromatic N) is 2. The number of amides is 1. The number of hydrogen-bond donors (Lipinski definition) is 0. The molecule has 1 aromatic carbocycles. The average Bonchev–Trinajstić information content (AvgIpc) is 3.13. The lowest BCUT2D eigenvalue weighted by atomic mass is 10.3. The second-order valence-electron chi connectivity index (χ2n) is 5.04. The van der Waals surface area contributed by atoms with Gasteiger partial charge in [-0.3, -0.25) is 9.59 Å². The quantitative estimate of drug-likeness (QED) is 0.586. The Kier molecular flexibility index (Phi) is 5.67. The second-order valence-corrected chi connectivity index (χ2v) is 8.33. The number of thiophene rings is 1. The molecule has 2 aromatic heterocycles. The third kappa shape index (κ3) is 3.78. The molecule has 3 rings (SSSR count). The van der Waals surface area contributed by atoms with Gasteiger partial charge in [-0.25, -0.2) is 0 Å². The smallest absolute Gasteiger partial charge is 0.325 e. The lowest BCUT2D eigenvalue weighted by molar-refractivity contribution is -0.141.